The SMILES string of the molecule is C[C@H](O)C[C@H]1CCCN1C(=O)CCN1c2ccccc2CC[C@@H]1C. The molecule has 24 heavy (non-hydrogen) atoms. The fourth-order valence-electron chi connectivity index (χ4n) is 4.26. The van der Waals surface area contributed by atoms with Crippen LogP contribution in [0.25, 0.3) is 0 Å². The Balaban J connectivity index is 1.62. The second-order valence-corrected chi connectivity index (χ2v) is 7.43. The number of rotatable bonds is 5. The van der Waals surface area contributed by atoms with Gasteiger partial charge in [0.25, 0.3) is 0 Å². The molecule has 1 amide bonds. The molecular weight excluding hydrogens is 300 g/mol. The average molecular weight is 330 g/mol. The Morgan fingerprint density at radius 1 is 1.33 bits per heavy atom. The predicted octanol–water partition coefficient (Wildman–Crippen LogP) is 2.98. The molecule has 0 bridgehead atoms. The molecule has 1 aromatic carbocycles. The number of carbonyl (C=O) groups excluding carboxylic acids is 1. The van der Waals surface area contributed by atoms with E-state index in [1.54, 1.807) is 0 Å². The summed E-state index contributed by atoms with van der Waals surface area (Å²) in [5, 5.41) is 9.64. The zero-order valence-corrected chi connectivity index (χ0v) is 14.9. The zero-order chi connectivity index (χ0) is 17.1. The van der Waals surface area contributed by atoms with Crippen LogP contribution in [0.3, 0.4) is 0 Å². The Morgan fingerprint density at radius 3 is 2.92 bits per heavy atom. The van der Waals surface area contributed by atoms with Gasteiger partial charge in [0.2, 0.25) is 5.91 Å². The van der Waals surface area contributed by atoms with Gasteiger partial charge in [0, 0.05) is 37.3 Å². The van der Waals surface area contributed by atoms with Gasteiger partial charge >= 0.3 is 0 Å². The monoisotopic (exact) mass is 330 g/mol. The number of carbonyl (C=O) groups is 1. The number of likely N-dealkylation sites (tertiary alicyclic amines) is 1. The van der Waals surface area contributed by atoms with Crippen LogP contribution in [0.4, 0.5) is 5.69 Å². The summed E-state index contributed by atoms with van der Waals surface area (Å²) in [5.41, 5.74) is 2.70. The van der Waals surface area contributed by atoms with Crippen LogP contribution in [-0.4, -0.2) is 47.2 Å². The second-order valence-electron chi connectivity index (χ2n) is 7.43. The average Bonchev–Trinajstić information content (AvgIpc) is 3.01. The molecule has 0 aromatic heterocycles. The number of fused-ring (bicyclic) bond motifs is 1. The van der Waals surface area contributed by atoms with E-state index < -0.39 is 0 Å². The number of benzene rings is 1. The summed E-state index contributed by atoms with van der Waals surface area (Å²) in [5.74, 6) is 0.244. The Kier molecular flexibility index (Phi) is 5.44. The molecule has 3 atom stereocenters. The molecule has 3 rings (SSSR count). The van der Waals surface area contributed by atoms with Crippen LogP contribution >= 0.6 is 0 Å². The van der Waals surface area contributed by atoms with Crippen molar-refractivity contribution < 1.29 is 9.90 Å². The molecule has 2 aliphatic rings. The molecule has 2 aliphatic heterocycles. The van der Waals surface area contributed by atoms with Crippen molar-refractivity contribution in [1.29, 1.82) is 0 Å². The number of hydrogen-bond acceptors (Lipinski definition) is 3. The molecule has 0 saturated carbocycles. The summed E-state index contributed by atoms with van der Waals surface area (Å²) in [6.07, 6.45) is 5.30. The Bertz CT molecular complexity index is 573. The highest BCUT2D eigenvalue weighted by atomic mass is 16.3. The third-order valence-corrected chi connectivity index (χ3v) is 5.54. The Labute approximate surface area is 145 Å². The van der Waals surface area contributed by atoms with Crippen LogP contribution in [0.15, 0.2) is 24.3 Å². The highest BCUT2D eigenvalue weighted by molar-refractivity contribution is 5.77. The van der Waals surface area contributed by atoms with E-state index in [0.29, 0.717) is 18.9 Å². The molecule has 1 aromatic rings. The molecule has 1 fully saturated rings. The maximum atomic E-state index is 12.7. The molecule has 0 radical (unpaired) electrons. The lowest BCUT2D eigenvalue weighted by molar-refractivity contribution is -0.132. The van der Waals surface area contributed by atoms with Crippen molar-refractivity contribution >= 4 is 11.6 Å². The number of aliphatic hydroxyl groups excluding tert-OH is 1. The number of para-hydroxylation sites is 1. The van der Waals surface area contributed by atoms with Gasteiger partial charge in [-0.3, -0.25) is 4.79 Å². The lowest BCUT2D eigenvalue weighted by atomic mass is 9.96. The van der Waals surface area contributed by atoms with Gasteiger partial charge in [-0.25, -0.2) is 0 Å². The van der Waals surface area contributed by atoms with Crippen LogP contribution in [0.1, 0.15) is 51.5 Å². The molecule has 2 heterocycles. The van der Waals surface area contributed by atoms with Crippen LogP contribution in [0.5, 0.6) is 0 Å². The predicted molar refractivity (Wildman–Crippen MR) is 97.2 cm³/mol. The van der Waals surface area contributed by atoms with Gasteiger partial charge in [0.05, 0.1) is 6.10 Å². The van der Waals surface area contributed by atoms with Gasteiger partial charge < -0.3 is 14.9 Å². The number of nitrogens with zero attached hydrogens (tertiary/aromatic N) is 2. The van der Waals surface area contributed by atoms with Gasteiger partial charge in [-0.05, 0) is 57.6 Å². The highest BCUT2D eigenvalue weighted by Gasteiger charge is 2.30. The van der Waals surface area contributed by atoms with E-state index in [1.165, 1.54) is 11.3 Å². The van der Waals surface area contributed by atoms with Gasteiger partial charge in [0.1, 0.15) is 0 Å². The standard InChI is InChI=1S/C20H30N2O2/c1-15-9-10-17-6-3-4-8-19(17)21(15)13-11-20(24)22-12-5-7-18(22)14-16(2)23/h3-4,6,8,15-16,18,23H,5,7,9-14H2,1-2H3/t15-,16-,18+/m0/s1. The summed E-state index contributed by atoms with van der Waals surface area (Å²) in [6, 6.07) is 9.29. The first-order valence-corrected chi connectivity index (χ1v) is 9.38. The van der Waals surface area contributed by atoms with E-state index in [4.69, 9.17) is 0 Å². The largest absolute Gasteiger partial charge is 0.393 e. The van der Waals surface area contributed by atoms with Gasteiger partial charge in [-0.15, -0.1) is 0 Å². The van der Waals surface area contributed by atoms with E-state index >= 15 is 0 Å². The Morgan fingerprint density at radius 2 is 2.12 bits per heavy atom. The van der Waals surface area contributed by atoms with Crippen molar-refractivity contribution in [2.24, 2.45) is 0 Å². The summed E-state index contributed by atoms with van der Waals surface area (Å²) in [7, 11) is 0. The molecule has 1 saturated heterocycles. The topological polar surface area (TPSA) is 43.8 Å². The van der Waals surface area contributed by atoms with E-state index in [2.05, 4.69) is 36.1 Å². The zero-order valence-electron chi connectivity index (χ0n) is 14.9. The molecule has 132 valence electrons. The van der Waals surface area contributed by atoms with E-state index in [0.717, 1.165) is 38.8 Å². The maximum Gasteiger partial charge on any atom is 0.224 e. The van der Waals surface area contributed by atoms with Gasteiger partial charge in [-0.2, -0.15) is 0 Å². The van der Waals surface area contributed by atoms with Crippen LogP contribution < -0.4 is 4.90 Å². The third kappa shape index (κ3) is 3.75. The molecule has 0 aliphatic carbocycles. The number of aryl methyl sites for hydroxylation is 1. The first kappa shape index (κ1) is 17.3. The minimum absolute atomic E-state index is 0.226. The summed E-state index contributed by atoms with van der Waals surface area (Å²) >= 11 is 0. The van der Waals surface area contributed by atoms with Crippen molar-refractivity contribution in [3.63, 3.8) is 0 Å². The second kappa shape index (κ2) is 7.56. The van der Waals surface area contributed by atoms with Crippen molar-refractivity contribution in [2.75, 3.05) is 18.0 Å². The molecule has 4 heteroatoms. The highest BCUT2D eigenvalue weighted by Crippen LogP contribution is 2.31. The lowest BCUT2D eigenvalue weighted by Crippen LogP contribution is -2.42. The smallest absolute Gasteiger partial charge is 0.224 e. The summed E-state index contributed by atoms with van der Waals surface area (Å²) in [6.45, 7) is 5.71. The molecular formula is C20H30N2O2. The van der Waals surface area contributed by atoms with Crippen molar-refractivity contribution in [2.45, 2.75) is 70.6 Å². The van der Waals surface area contributed by atoms with E-state index in [1.807, 2.05) is 11.8 Å². The van der Waals surface area contributed by atoms with Gasteiger partial charge in [-0.1, -0.05) is 18.2 Å². The Hall–Kier alpha value is -1.55. The fraction of sp³-hybridized carbons (Fsp3) is 0.650. The lowest BCUT2D eigenvalue weighted by Gasteiger charge is -2.37. The normalized spacial score (nSPS) is 24.8. The molecule has 0 spiro atoms. The minimum atomic E-state index is -0.336. The number of aliphatic hydroxyl groups is 1. The van der Waals surface area contributed by atoms with Crippen LogP contribution in [0.2, 0.25) is 0 Å². The molecule has 0 unspecified atom stereocenters. The van der Waals surface area contributed by atoms with Crippen molar-refractivity contribution in [1.82, 2.24) is 4.90 Å². The summed E-state index contributed by atoms with van der Waals surface area (Å²) in [4.78, 5) is 17.1. The van der Waals surface area contributed by atoms with Crippen molar-refractivity contribution in [3.8, 4) is 0 Å². The van der Waals surface area contributed by atoms with Crippen LogP contribution in [0, 0.1) is 0 Å². The molecule has 4 nitrogen and oxygen atoms in total. The summed E-state index contributed by atoms with van der Waals surface area (Å²) < 4.78 is 0. The minimum Gasteiger partial charge on any atom is -0.393 e. The fourth-order valence-corrected chi connectivity index (χ4v) is 4.26. The van der Waals surface area contributed by atoms with Crippen molar-refractivity contribution in [3.05, 3.63) is 29.8 Å². The first-order chi connectivity index (χ1) is 11.6. The number of hydrogen-bond donors (Lipinski definition) is 1. The number of anilines is 1. The van der Waals surface area contributed by atoms with E-state index in [9.17, 15) is 9.90 Å². The van der Waals surface area contributed by atoms with Gasteiger partial charge in [0.15, 0.2) is 0 Å². The first-order valence-electron chi connectivity index (χ1n) is 9.38. The third-order valence-electron chi connectivity index (χ3n) is 5.54. The van der Waals surface area contributed by atoms with Crippen LogP contribution in [-0.2, 0) is 11.2 Å². The maximum absolute atomic E-state index is 12.7. The van der Waals surface area contributed by atoms with E-state index in [-0.39, 0.29) is 18.1 Å². The number of amides is 1. The molecule has 1 N–H and O–H groups in total. The quantitative estimate of drug-likeness (QED) is 0.903.